The molecule has 0 amide bonds. The summed E-state index contributed by atoms with van der Waals surface area (Å²) in [5.41, 5.74) is 2.34. The van der Waals surface area contributed by atoms with Crippen molar-refractivity contribution in [2.75, 3.05) is 0 Å². The largest absolute Gasteiger partial charge is 0.443 e. The zero-order valence-electron chi connectivity index (χ0n) is 12.8. The van der Waals surface area contributed by atoms with Crippen molar-refractivity contribution in [2.24, 2.45) is 0 Å². The van der Waals surface area contributed by atoms with E-state index in [1.165, 1.54) is 0 Å². The van der Waals surface area contributed by atoms with E-state index in [4.69, 9.17) is 28.3 Å². The predicted molar refractivity (Wildman–Crippen MR) is 100 cm³/mol. The lowest BCUT2D eigenvalue weighted by Gasteiger charge is -2.07. The molecule has 3 nitrogen and oxygen atoms in total. The number of benzene rings is 2. The van der Waals surface area contributed by atoms with Gasteiger partial charge in [-0.3, -0.25) is 4.98 Å². The SMILES string of the molecule is OB(c1ccc(Cl)cc1)c1ccc(Cl)cc1.OCc1ccccn1. The van der Waals surface area contributed by atoms with E-state index in [9.17, 15) is 5.02 Å². The monoisotopic (exact) mass is 359 g/mol. The molecule has 0 fully saturated rings. The highest BCUT2D eigenvalue weighted by molar-refractivity contribution is 6.78. The Kier molecular flexibility index (Phi) is 7.28. The van der Waals surface area contributed by atoms with Gasteiger partial charge >= 0.3 is 6.92 Å². The molecule has 6 heteroatoms. The van der Waals surface area contributed by atoms with Gasteiger partial charge in [0.2, 0.25) is 0 Å². The van der Waals surface area contributed by atoms with E-state index in [1.54, 1.807) is 36.5 Å². The third-order valence-corrected chi connectivity index (χ3v) is 3.76. The molecule has 2 aromatic carbocycles. The topological polar surface area (TPSA) is 53.4 Å². The minimum absolute atomic E-state index is 0.0286. The van der Waals surface area contributed by atoms with Crippen molar-refractivity contribution in [1.29, 1.82) is 0 Å². The van der Waals surface area contributed by atoms with Gasteiger partial charge in [-0.2, -0.15) is 0 Å². The van der Waals surface area contributed by atoms with Gasteiger partial charge in [-0.25, -0.2) is 0 Å². The summed E-state index contributed by atoms with van der Waals surface area (Å²) in [5, 5.41) is 19.9. The first-order valence-corrected chi connectivity index (χ1v) is 8.05. The molecule has 3 aromatic rings. The minimum Gasteiger partial charge on any atom is -0.443 e. The Balaban J connectivity index is 0.000000219. The van der Waals surface area contributed by atoms with E-state index in [0.717, 1.165) is 10.9 Å². The number of hydrogen-bond acceptors (Lipinski definition) is 3. The molecule has 1 aromatic heterocycles. The van der Waals surface area contributed by atoms with Gasteiger partial charge in [-0.15, -0.1) is 0 Å². The molecule has 1 heterocycles. The number of rotatable bonds is 3. The number of hydrogen-bond donors (Lipinski definition) is 2. The first-order chi connectivity index (χ1) is 11.6. The molecule has 0 saturated carbocycles. The summed E-state index contributed by atoms with van der Waals surface area (Å²) in [5.74, 6) is 0. The Morgan fingerprint density at radius 1 is 0.792 bits per heavy atom. The van der Waals surface area contributed by atoms with E-state index in [-0.39, 0.29) is 6.61 Å². The number of pyridine rings is 1. The van der Waals surface area contributed by atoms with E-state index in [0.29, 0.717) is 15.7 Å². The Bertz CT molecular complexity index is 692. The average molecular weight is 360 g/mol. The highest BCUT2D eigenvalue weighted by Gasteiger charge is 2.16. The van der Waals surface area contributed by atoms with Crippen LogP contribution in [0.15, 0.2) is 72.9 Å². The lowest BCUT2D eigenvalue weighted by molar-refractivity contribution is 0.277. The van der Waals surface area contributed by atoms with E-state index >= 15 is 0 Å². The van der Waals surface area contributed by atoms with Gasteiger partial charge < -0.3 is 10.1 Å². The molecule has 3 rings (SSSR count). The minimum atomic E-state index is -0.644. The molecule has 24 heavy (non-hydrogen) atoms. The van der Waals surface area contributed by atoms with Crippen molar-refractivity contribution >= 4 is 41.0 Å². The normalized spacial score (nSPS) is 9.83. The Hall–Kier alpha value is -1.85. The van der Waals surface area contributed by atoms with Crippen molar-refractivity contribution in [3.05, 3.63) is 88.7 Å². The second-order valence-corrected chi connectivity index (χ2v) is 5.86. The molecule has 0 aliphatic carbocycles. The lowest BCUT2D eigenvalue weighted by atomic mass is 9.56. The van der Waals surface area contributed by atoms with E-state index in [2.05, 4.69) is 4.98 Å². The first kappa shape index (κ1) is 18.5. The molecule has 0 spiro atoms. The summed E-state index contributed by atoms with van der Waals surface area (Å²) in [6, 6.07) is 19.7. The van der Waals surface area contributed by atoms with Crippen LogP contribution in [0.1, 0.15) is 5.69 Å². The van der Waals surface area contributed by atoms with Gasteiger partial charge in [-0.05, 0) is 47.3 Å². The molecule has 0 unspecified atom stereocenters. The van der Waals surface area contributed by atoms with Crippen molar-refractivity contribution in [3.63, 3.8) is 0 Å². The van der Waals surface area contributed by atoms with Crippen LogP contribution in [0.4, 0.5) is 0 Å². The fourth-order valence-corrected chi connectivity index (χ4v) is 2.23. The predicted octanol–water partition coefficient (Wildman–Crippen LogP) is 2.67. The molecule has 0 aliphatic rings. The number of halogens is 2. The Morgan fingerprint density at radius 2 is 1.29 bits per heavy atom. The maximum atomic E-state index is 10.1. The number of aliphatic hydroxyl groups is 1. The number of aliphatic hydroxyl groups excluding tert-OH is 1. The summed E-state index contributed by atoms with van der Waals surface area (Å²) >= 11 is 11.6. The van der Waals surface area contributed by atoms with Crippen molar-refractivity contribution in [2.45, 2.75) is 6.61 Å². The number of nitrogens with zero attached hydrogens (tertiary/aromatic N) is 1. The summed E-state index contributed by atoms with van der Waals surface area (Å²) in [7, 11) is 0. The highest BCUT2D eigenvalue weighted by atomic mass is 35.5. The van der Waals surface area contributed by atoms with Crippen LogP contribution in [-0.2, 0) is 6.61 Å². The zero-order valence-corrected chi connectivity index (χ0v) is 14.3. The van der Waals surface area contributed by atoms with Crippen LogP contribution < -0.4 is 10.9 Å². The van der Waals surface area contributed by atoms with E-state index in [1.807, 2.05) is 36.4 Å². The standard InChI is InChI=1S/C12H9BCl2O.C6H7NO/c14-11-5-1-9(2-6-11)13(16)10-3-7-12(15)8-4-10;8-5-6-3-1-2-4-7-6/h1-8,16H;1-4,8H,5H2. The zero-order chi connectivity index (χ0) is 17.4. The van der Waals surface area contributed by atoms with Crippen LogP contribution in [0.2, 0.25) is 10.0 Å². The second-order valence-electron chi connectivity index (χ2n) is 4.98. The van der Waals surface area contributed by atoms with Gasteiger partial charge in [-0.1, -0.05) is 53.5 Å². The molecule has 0 atom stereocenters. The molecule has 0 radical (unpaired) electrons. The maximum absolute atomic E-state index is 10.1. The molecule has 2 N–H and O–H groups in total. The number of aromatic nitrogens is 1. The van der Waals surface area contributed by atoms with Gasteiger partial charge in [0, 0.05) is 16.2 Å². The summed E-state index contributed by atoms with van der Waals surface area (Å²) in [6.45, 7) is -0.615. The van der Waals surface area contributed by atoms with Gasteiger partial charge in [0.25, 0.3) is 0 Å². The van der Waals surface area contributed by atoms with Gasteiger partial charge in [0.1, 0.15) is 0 Å². The van der Waals surface area contributed by atoms with Crippen LogP contribution in [0.5, 0.6) is 0 Å². The van der Waals surface area contributed by atoms with Gasteiger partial charge in [0.15, 0.2) is 0 Å². The van der Waals surface area contributed by atoms with Gasteiger partial charge in [0.05, 0.1) is 12.3 Å². The highest BCUT2D eigenvalue weighted by Crippen LogP contribution is 2.06. The molecule has 0 bridgehead atoms. The Labute approximate surface area is 151 Å². The fourth-order valence-electron chi connectivity index (χ4n) is 1.97. The summed E-state index contributed by atoms with van der Waals surface area (Å²) < 4.78 is 0. The fraction of sp³-hybridized carbons (Fsp3) is 0.0556. The average Bonchev–Trinajstić information content (AvgIpc) is 2.64. The van der Waals surface area contributed by atoms with E-state index < -0.39 is 6.92 Å². The van der Waals surface area contributed by atoms with Crippen molar-refractivity contribution in [1.82, 2.24) is 4.98 Å². The molecular weight excluding hydrogens is 344 g/mol. The van der Waals surface area contributed by atoms with Crippen LogP contribution in [-0.4, -0.2) is 22.0 Å². The maximum Gasteiger partial charge on any atom is 0.358 e. The Morgan fingerprint density at radius 3 is 1.62 bits per heavy atom. The van der Waals surface area contributed by atoms with Crippen molar-refractivity contribution in [3.8, 4) is 0 Å². The van der Waals surface area contributed by atoms with Crippen LogP contribution >= 0.6 is 23.2 Å². The smallest absolute Gasteiger partial charge is 0.358 e. The molecule has 0 saturated heterocycles. The third kappa shape index (κ3) is 5.66. The third-order valence-electron chi connectivity index (χ3n) is 3.26. The molecular formula is C18H16BCl2NO2. The second kappa shape index (κ2) is 9.45. The summed E-state index contributed by atoms with van der Waals surface area (Å²) in [4.78, 5) is 3.85. The molecule has 0 aliphatic heterocycles. The quantitative estimate of drug-likeness (QED) is 0.707. The lowest BCUT2D eigenvalue weighted by Crippen LogP contribution is -2.42. The van der Waals surface area contributed by atoms with Crippen LogP contribution in [0.3, 0.4) is 0 Å². The van der Waals surface area contributed by atoms with Crippen molar-refractivity contribution < 1.29 is 10.1 Å². The molecule has 122 valence electrons. The van der Waals surface area contributed by atoms with Crippen LogP contribution in [0, 0.1) is 0 Å². The summed E-state index contributed by atoms with van der Waals surface area (Å²) in [6.07, 6.45) is 1.66. The van der Waals surface area contributed by atoms with Crippen LogP contribution in [0.25, 0.3) is 0 Å². The first-order valence-electron chi connectivity index (χ1n) is 7.30.